The molecule has 0 aromatic heterocycles. The van der Waals surface area contributed by atoms with E-state index in [4.69, 9.17) is 4.74 Å². The maximum atomic E-state index is 11.6. The van der Waals surface area contributed by atoms with Crippen LogP contribution in [-0.4, -0.2) is 5.97 Å². The first-order valence-corrected chi connectivity index (χ1v) is 9.27. The van der Waals surface area contributed by atoms with Gasteiger partial charge in [0.2, 0.25) is 0 Å². The van der Waals surface area contributed by atoms with E-state index >= 15 is 0 Å². The monoisotopic (exact) mass is 371 g/mol. The Labute approximate surface area is 166 Å². The first kappa shape index (κ1) is 19.4. The molecule has 0 aliphatic carbocycles. The minimum atomic E-state index is -0.471. The van der Waals surface area contributed by atoms with Crippen molar-refractivity contribution in [3.63, 3.8) is 0 Å². The van der Waals surface area contributed by atoms with Crippen molar-refractivity contribution >= 4 is 23.0 Å². The van der Waals surface area contributed by atoms with E-state index in [0.717, 1.165) is 23.1 Å². The standard InChI is InChI=1S/C25H25NO2/c1-6-25(27)28-24-9-7-8-21(16-24)26(22-12-17(2)10-18(3)13-22)23-14-19(4)11-20(5)15-23/h6-16H,1H2,2-5H3. The van der Waals surface area contributed by atoms with Gasteiger partial charge in [-0.15, -0.1) is 0 Å². The highest BCUT2D eigenvalue weighted by Crippen LogP contribution is 2.37. The van der Waals surface area contributed by atoms with E-state index in [1.54, 1.807) is 6.07 Å². The maximum absolute atomic E-state index is 11.6. The van der Waals surface area contributed by atoms with Crippen LogP contribution in [0.2, 0.25) is 0 Å². The predicted molar refractivity (Wildman–Crippen MR) is 116 cm³/mol. The molecule has 0 radical (unpaired) electrons. The Bertz CT molecular complexity index is 944. The molecule has 0 aliphatic rings. The highest BCUT2D eigenvalue weighted by Gasteiger charge is 2.15. The molecule has 3 aromatic carbocycles. The Kier molecular flexibility index (Phi) is 5.65. The molecule has 3 rings (SSSR count). The number of nitrogens with zero attached hydrogens (tertiary/aromatic N) is 1. The Morgan fingerprint density at radius 1 is 0.786 bits per heavy atom. The second-order valence-corrected chi connectivity index (χ2v) is 7.15. The summed E-state index contributed by atoms with van der Waals surface area (Å²) in [5, 5.41) is 0. The van der Waals surface area contributed by atoms with Crippen LogP contribution in [0.15, 0.2) is 73.3 Å². The molecule has 0 unspecified atom stereocenters. The van der Waals surface area contributed by atoms with Gasteiger partial charge in [-0.3, -0.25) is 0 Å². The van der Waals surface area contributed by atoms with Gasteiger partial charge in [0.1, 0.15) is 5.75 Å². The van der Waals surface area contributed by atoms with E-state index in [9.17, 15) is 4.79 Å². The number of carbonyl (C=O) groups excluding carboxylic acids is 1. The number of rotatable bonds is 5. The summed E-state index contributed by atoms with van der Waals surface area (Å²) in [4.78, 5) is 13.8. The third-order valence-corrected chi connectivity index (χ3v) is 4.39. The summed E-state index contributed by atoms with van der Waals surface area (Å²) >= 11 is 0. The van der Waals surface area contributed by atoms with Crippen LogP contribution in [0.3, 0.4) is 0 Å². The summed E-state index contributed by atoms with van der Waals surface area (Å²) in [7, 11) is 0. The molecule has 28 heavy (non-hydrogen) atoms. The third kappa shape index (κ3) is 4.49. The van der Waals surface area contributed by atoms with E-state index in [0.29, 0.717) is 5.75 Å². The van der Waals surface area contributed by atoms with Gasteiger partial charge in [-0.25, -0.2) is 4.79 Å². The highest BCUT2D eigenvalue weighted by molar-refractivity contribution is 5.84. The second kappa shape index (κ2) is 8.13. The molecule has 0 aliphatic heterocycles. The molecule has 0 amide bonds. The van der Waals surface area contributed by atoms with Crippen molar-refractivity contribution in [3.8, 4) is 5.75 Å². The summed E-state index contributed by atoms with van der Waals surface area (Å²) in [6, 6.07) is 20.5. The first-order chi connectivity index (χ1) is 13.4. The fraction of sp³-hybridized carbons (Fsp3) is 0.160. The number of hydrogen-bond acceptors (Lipinski definition) is 3. The summed E-state index contributed by atoms with van der Waals surface area (Å²) in [6.45, 7) is 11.8. The van der Waals surface area contributed by atoms with Crippen LogP contribution in [0.1, 0.15) is 22.3 Å². The molecule has 0 atom stereocenters. The molecule has 0 saturated carbocycles. The lowest BCUT2D eigenvalue weighted by atomic mass is 10.1. The van der Waals surface area contributed by atoms with Crippen LogP contribution in [0.5, 0.6) is 5.75 Å². The van der Waals surface area contributed by atoms with Crippen molar-refractivity contribution in [2.24, 2.45) is 0 Å². The SMILES string of the molecule is C=CC(=O)Oc1cccc(N(c2cc(C)cc(C)c2)c2cc(C)cc(C)c2)c1. The first-order valence-electron chi connectivity index (χ1n) is 9.27. The second-order valence-electron chi connectivity index (χ2n) is 7.15. The number of ether oxygens (including phenoxy) is 1. The van der Waals surface area contributed by atoms with Gasteiger partial charge in [0.05, 0.1) is 0 Å². The van der Waals surface area contributed by atoms with Crippen molar-refractivity contribution < 1.29 is 9.53 Å². The molecule has 3 heteroatoms. The molecule has 0 saturated heterocycles. The summed E-state index contributed by atoms with van der Waals surface area (Å²) in [5.74, 6) is 0.0163. The molecule has 3 aromatic rings. The molecule has 0 fully saturated rings. The van der Waals surface area contributed by atoms with Gasteiger partial charge in [-0.05, 0) is 86.3 Å². The average Bonchev–Trinajstić information content (AvgIpc) is 2.60. The fourth-order valence-corrected chi connectivity index (χ4v) is 3.45. The smallest absolute Gasteiger partial charge is 0.335 e. The molecular weight excluding hydrogens is 346 g/mol. The van der Waals surface area contributed by atoms with Gasteiger partial charge >= 0.3 is 5.97 Å². The molecule has 0 heterocycles. The number of anilines is 3. The number of carbonyl (C=O) groups is 1. The molecule has 0 spiro atoms. The lowest BCUT2D eigenvalue weighted by molar-refractivity contribution is -0.128. The lowest BCUT2D eigenvalue weighted by Crippen LogP contribution is -2.11. The van der Waals surface area contributed by atoms with Gasteiger partial charge in [0.15, 0.2) is 0 Å². The van der Waals surface area contributed by atoms with Crippen LogP contribution in [0.4, 0.5) is 17.1 Å². The summed E-state index contributed by atoms with van der Waals surface area (Å²) in [6.07, 6.45) is 1.16. The normalized spacial score (nSPS) is 10.4. The van der Waals surface area contributed by atoms with Gasteiger partial charge in [-0.1, -0.05) is 24.8 Å². The largest absolute Gasteiger partial charge is 0.423 e. The van der Waals surface area contributed by atoms with Crippen LogP contribution in [-0.2, 0) is 4.79 Å². The fourth-order valence-electron chi connectivity index (χ4n) is 3.45. The molecule has 0 N–H and O–H groups in total. The van der Waals surface area contributed by atoms with E-state index in [1.807, 2.05) is 18.2 Å². The Balaban J connectivity index is 2.17. The van der Waals surface area contributed by atoms with Crippen molar-refractivity contribution in [2.45, 2.75) is 27.7 Å². The van der Waals surface area contributed by atoms with Gasteiger partial charge in [-0.2, -0.15) is 0 Å². The lowest BCUT2D eigenvalue weighted by Gasteiger charge is -2.27. The zero-order chi connectivity index (χ0) is 20.3. The van der Waals surface area contributed by atoms with Crippen LogP contribution in [0.25, 0.3) is 0 Å². The van der Waals surface area contributed by atoms with Crippen molar-refractivity contribution in [1.29, 1.82) is 0 Å². The Morgan fingerprint density at radius 3 is 1.75 bits per heavy atom. The van der Waals surface area contributed by atoms with Crippen molar-refractivity contribution in [3.05, 3.63) is 95.6 Å². The minimum Gasteiger partial charge on any atom is -0.423 e. The van der Waals surface area contributed by atoms with E-state index in [-0.39, 0.29) is 0 Å². The third-order valence-electron chi connectivity index (χ3n) is 4.39. The number of esters is 1. The van der Waals surface area contributed by atoms with E-state index < -0.39 is 5.97 Å². The zero-order valence-corrected chi connectivity index (χ0v) is 16.8. The van der Waals surface area contributed by atoms with Gasteiger partial charge in [0.25, 0.3) is 0 Å². The van der Waals surface area contributed by atoms with Crippen molar-refractivity contribution in [1.82, 2.24) is 0 Å². The summed E-state index contributed by atoms with van der Waals surface area (Å²) < 4.78 is 5.34. The highest BCUT2D eigenvalue weighted by atomic mass is 16.5. The quantitative estimate of drug-likeness (QED) is 0.292. The van der Waals surface area contributed by atoms with Crippen LogP contribution in [0, 0.1) is 27.7 Å². The van der Waals surface area contributed by atoms with Crippen LogP contribution < -0.4 is 9.64 Å². The van der Waals surface area contributed by atoms with Gasteiger partial charge in [0, 0.05) is 29.2 Å². The minimum absolute atomic E-state index is 0.471. The molecular formula is C25H25NO2. The Morgan fingerprint density at radius 2 is 1.29 bits per heavy atom. The molecule has 0 bridgehead atoms. The number of aryl methyl sites for hydroxylation is 4. The van der Waals surface area contributed by atoms with E-state index in [1.165, 1.54) is 22.3 Å². The van der Waals surface area contributed by atoms with Crippen LogP contribution >= 0.6 is 0 Å². The predicted octanol–water partition coefficient (Wildman–Crippen LogP) is 6.48. The van der Waals surface area contributed by atoms with Crippen molar-refractivity contribution in [2.75, 3.05) is 4.90 Å². The topological polar surface area (TPSA) is 29.5 Å². The Hall–Kier alpha value is -3.33. The zero-order valence-electron chi connectivity index (χ0n) is 16.8. The number of hydrogen-bond donors (Lipinski definition) is 0. The van der Waals surface area contributed by atoms with E-state index in [2.05, 4.69) is 75.6 Å². The molecule has 3 nitrogen and oxygen atoms in total. The average molecular weight is 371 g/mol. The summed E-state index contributed by atoms with van der Waals surface area (Å²) in [5.41, 5.74) is 7.82. The maximum Gasteiger partial charge on any atom is 0.335 e. The van der Waals surface area contributed by atoms with Gasteiger partial charge < -0.3 is 9.64 Å². The number of benzene rings is 3. The molecule has 142 valence electrons.